The minimum absolute atomic E-state index is 0.0250. The Morgan fingerprint density at radius 3 is 2.51 bits per heavy atom. The molecule has 0 radical (unpaired) electrons. The molecule has 0 aromatic carbocycles. The third kappa shape index (κ3) is 10.8. The monoisotopic (exact) mass is 681 g/mol. The van der Waals surface area contributed by atoms with Crippen LogP contribution in [0.3, 0.4) is 0 Å². The van der Waals surface area contributed by atoms with Gasteiger partial charge in [0.1, 0.15) is 30.5 Å². The van der Waals surface area contributed by atoms with E-state index in [4.69, 9.17) is 14.4 Å². The van der Waals surface area contributed by atoms with E-state index in [1.54, 1.807) is 36.3 Å². The molecule has 0 aliphatic rings. The highest BCUT2D eigenvalue weighted by Gasteiger charge is 2.37. The fourth-order valence-electron chi connectivity index (χ4n) is 4.17. The zero-order valence-electron chi connectivity index (χ0n) is 29.5. The van der Waals surface area contributed by atoms with Crippen LogP contribution >= 0.6 is 0 Å². The highest BCUT2D eigenvalue weighted by Crippen LogP contribution is 2.36. The molecule has 1 atom stereocenters. The first-order valence-corrected chi connectivity index (χ1v) is 22.5. The standard InChI is InChI=1S/C32H51N9O4Si2/c1-23(12-16-45-47(9,10)32(2,3)4)37-26-19-28(36-20-24(26)30(42)35-15-13-33)38-27-11-14-34-29(39-27)25-21-41(40(5)31(25)43)22-44-17-18-46(6,7)8/h11,14,19-21,23H,12,15-18,22H2,1-10H3,(H,35,42)(H2,34,36,37,38,39). The highest BCUT2D eigenvalue weighted by atomic mass is 28.4. The Morgan fingerprint density at radius 1 is 1.13 bits per heavy atom. The molecule has 13 nitrogen and oxygen atoms in total. The summed E-state index contributed by atoms with van der Waals surface area (Å²) >= 11 is 0. The Morgan fingerprint density at radius 2 is 1.85 bits per heavy atom. The summed E-state index contributed by atoms with van der Waals surface area (Å²) < 4.78 is 15.4. The summed E-state index contributed by atoms with van der Waals surface area (Å²) in [5.41, 5.74) is 0.966. The van der Waals surface area contributed by atoms with Crippen molar-refractivity contribution in [2.24, 2.45) is 7.05 Å². The van der Waals surface area contributed by atoms with Crippen molar-refractivity contribution in [3.8, 4) is 17.5 Å². The molecule has 0 saturated carbocycles. The zero-order chi connectivity index (χ0) is 35.0. The number of ether oxygens (including phenoxy) is 1. The SMILES string of the molecule is CC(CCO[Si](C)(C)C(C)(C)C)Nc1cc(Nc2ccnc(-c3cn(COCC[Si](C)(C)C)n(C)c3=O)n2)ncc1C(=O)NCC#N. The number of amides is 1. The maximum Gasteiger partial charge on any atom is 0.277 e. The number of pyridine rings is 1. The molecule has 3 N–H and O–H groups in total. The number of rotatable bonds is 16. The second-order valence-electron chi connectivity index (χ2n) is 14.4. The molecule has 3 heterocycles. The molecule has 15 heteroatoms. The summed E-state index contributed by atoms with van der Waals surface area (Å²) in [6, 6.07) is 6.34. The molecule has 1 amide bonds. The van der Waals surface area contributed by atoms with E-state index in [2.05, 4.69) is 84.4 Å². The fourth-order valence-corrected chi connectivity index (χ4v) is 5.99. The lowest BCUT2D eigenvalue weighted by Gasteiger charge is -2.36. The first-order chi connectivity index (χ1) is 21.9. The molecule has 1 unspecified atom stereocenters. The van der Waals surface area contributed by atoms with Gasteiger partial charge in [0.2, 0.25) is 0 Å². The van der Waals surface area contributed by atoms with Crippen LogP contribution in [0.25, 0.3) is 11.4 Å². The first-order valence-electron chi connectivity index (χ1n) is 15.9. The van der Waals surface area contributed by atoms with Gasteiger partial charge >= 0.3 is 0 Å². The summed E-state index contributed by atoms with van der Waals surface area (Å²) in [5.74, 6) is 0.705. The van der Waals surface area contributed by atoms with E-state index in [-0.39, 0.29) is 35.7 Å². The summed E-state index contributed by atoms with van der Waals surface area (Å²) in [5, 5.41) is 18.3. The lowest BCUT2D eigenvalue weighted by Crippen LogP contribution is -2.41. The molecule has 0 aliphatic heterocycles. The second-order valence-corrected chi connectivity index (χ2v) is 24.9. The number of nitrogens with one attached hydrogen (secondary N) is 3. The van der Waals surface area contributed by atoms with E-state index in [1.165, 1.54) is 10.9 Å². The molecule has 3 rings (SSSR count). The van der Waals surface area contributed by atoms with Crippen LogP contribution in [-0.2, 0) is 22.9 Å². The largest absolute Gasteiger partial charge is 0.417 e. The van der Waals surface area contributed by atoms with Gasteiger partial charge in [-0.05, 0) is 43.6 Å². The Labute approximate surface area is 280 Å². The first kappa shape index (κ1) is 37.6. The van der Waals surface area contributed by atoms with Crippen LogP contribution in [0, 0.1) is 11.3 Å². The quantitative estimate of drug-likeness (QED) is 0.0992. The van der Waals surface area contributed by atoms with Crippen LogP contribution in [0.1, 0.15) is 44.5 Å². The number of nitriles is 1. The van der Waals surface area contributed by atoms with Crippen LogP contribution in [0.15, 0.2) is 35.5 Å². The molecule has 0 spiro atoms. The van der Waals surface area contributed by atoms with Crippen molar-refractivity contribution >= 4 is 39.6 Å². The van der Waals surface area contributed by atoms with E-state index in [1.807, 2.05) is 13.0 Å². The van der Waals surface area contributed by atoms with Crippen LogP contribution in [0.4, 0.5) is 17.3 Å². The van der Waals surface area contributed by atoms with Crippen molar-refractivity contribution in [3.63, 3.8) is 0 Å². The van der Waals surface area contributed by atoms with Gasteiger partial charge in [-0.2, -0.15) is 5.26 Å². The van der Waals surface area contributed by atoms with Gasteiger partial charge in [-0.3, -0.25) is 19.0 Å². The Bertz CT molecular complexity index is 1620. The minimum Gasteiger partial charge on any atom is -0.417 e. The van der Waals surface area contributed by atoms with Crippen molar-refractivity contribution in [1.29, 1.82) is 5.26 Å². The maximum atomic E-state index is 13.1. The molecule has 0 aliphatic carbocycles. The topological polar surface area (TPSA) is 161 Å². The highest BCUT2D eigenvalue weighted by molar-refractivity contribution is 6.76. The van der Waals surface area contributed by atoms with Gasteiger partial charge in [-0.15, -0.1) is 0 Å². The molecular formula is C32H51N9O4Si2. The number of anilines is 3. The van der Waals surface area contributed by atoms with Gasteiger partial charge < -0.3 is 25.1 Å². The number of aromatic nitrogens is 5. The van der Waals surface area contributed by atoms with Crippen LogP contribution < -0.4 is 21.5 Å². The average Bonchev–Trinajstić information content (AvgIpc) is 3.26. The van der Waals surface area contributed by atoms with E-state index >= 15 is 0 Å². The molecule has 0 bridgehead atoms. The van der Waals surface area contributed by atoms with E-state index in [9.17, 15) is 9.59 Å². The molecule has 0 saturated heterocycles. The molecule has 256 valence electrons. The Balaban J connectivity index is 1.79. The van der Waals surface area contributed by atoms with Gasteiger partial charge in [0.25, 0.3) is 11.5 Å². The zero-order valence-corrected chi connectivity index (χ0v) is 31.5. The van der Waals surface area contributed by atoms with Gasteiger partial charge in [0, 0.05) is 59.0 Å². The summed E-state index contributed by atoms with van der Waals surface area (Å²) in [7, 11) is -1.43. The van der Waals surface area contributed by atoms with Gasteiger partial charge in [-0.1, -0.05) is 40.4 Å². The molecule has 0 fully saturated rings. The summed E-state index contributed by atoms with van der Waals surface area (Å²) in [6.45, 7) is 21.3. The van der Waals surface area contributed by atoms with Crippen molar-refractivity contribution in [2.75, 3.05) is 30.4 Å². The van der Waals surface area contributed by atoms with Gasteiger partial charge in [-0.25, -0.2) is 15.0 Å². The summed E-state index contributed by atoms with van der Waals surface area (Å²) in [6.07, 6.45) is 5.45. The van der Waals surface area contributed by atoms with Crippen LogP contribution in [0.5, 0.6) is 0 Å². The Hall–Kier alpha value is -3.85. The smallest absolute Gasteiger partial charge is 0.277 e. The number of hydrogen-bond acceptors (Lipinski definition) is 10. The predicted octanol–water partition coefficient (Wildman–Crippen LogP) is 5.56. The van der Waals surface area contributed by atoms with Gasteiger partial charge in [0.05, 0.1) is 17.3 Å². The second kappa shape index (κ2) is 15.8. The number of carbonyl (C=O) groups excluding carboxylic acids is 1. The minimum atomic E-state index is -1.89. The van der Waals surface area contributed by atoms with Crippen molar-refractivity contribution < 1.29 is 14.0 Å². The van der Waals surface area contributed by atoms with Crippen molar-refractivity contribution in [1.82, 2.24) is 29.6 Å². The maximum absolute atomic E-state index is 13.1. The van der Waals surface area contributed by atoms with E-state index < -0.39 is 22.3 Å². The van der Waals surface area contributed by atoms with Crippen LogP contribution in [-0.4, -0.2) is 72.4 Å². The normalized spacial score (nSPS) is 12.8. The Kier molecular flexibility index (Phi) is 12.7. The molecule has 47 heavy (non-hydrogen) atoms. The molecule has 3 aromatic heterocycles. The third-order valence-electron chi connectivity index (χ3n) is 8.26. The third-order valence-corrected chi connectivity index (χ3v) is 14.5. The molecule has 3 aromatic rings. The number of carbonyl (C=O) groups is 1. The summed E-state index contributed by atoms with van der Waals surface area (Å²) in [4.78, 5) is 39.3. The fraction of sp³-hybridized carbons (Fsp3) is 0.562. The van der Waals surface area contributed by atoms with E-state index in [0.29, 0.717) is 41.7 Å². The molecular weight excluding hydrogens is 631 g/mol. The lowest BCUT2D eigenvalue weighted by molar-refractivity contribution is 0.0703. The predicted molar refractivity (Wildman–Crippen MR) is 191 cm³/mol. The number of hydrogen-bond donors (Lipinski definition) is 3. The average molecular weight is 682 g/mol. The number of nitrogens with zero attached hydrogens (tertiary/aromatic N) is 6. The van der Waals surface area contributed by atoms with Crippen molar-refractivity contribution in [3.05, 3.63) is 46.6 Å². The van der Waals surface area contributed by atoms with Crippen LogP contribution in [0.2, 0.25) is 43.8 Å². The van der Waals surface area contributed by atoms with E-state index in [0.717, 1.165) is 12.5 Å². The van der Waals surface area contributed by atoms with Crippen molar-refractivity contribution in [2.45, 2.75) is 90.7 Å². The lowest BCUT2D eigenvalue weighted by atomic mass is 10.1. The van der Waals surface area contributed by atoms with Gasteiger partial charge in [0.15, 0.2) is 14.1 Å².